The first-order chi connectivity index (χ1) is 9.13. The highest BCUT2D eigenvalue weighted by Gasteiger charge is 2.14. The lowest BCUT2D eigenvalue weighted by molar-refractivity contribution is 0.928. The Morgan fingerprint density at radius 2 is 2.16 bits per heavy atom. The average molecular weight is 287 g/mol. The van der Waals surface area contributed by atoms with Crippen molar-refractivity contribution < 1.29 is 0 Å². The SMILES string of the molecule is Cc1cc(C)c2c(n1)sc1c2ncn2[nH]c(=S)nc12. The van der Waals surface area contributed by atoms with Crippen molar-refractivity contribution in [2.24, 2.45) is 0 Å². The Bertz CT molecular complexity index is 1010. The van der Waals surface area contributed by atoms with Crippen LogP contribution in [0.25, 0.3) is 26.1 Å². The molecule has 0 unspecified atom stereocenters. The molecule has 4 heterocycles. The van der Waals surface area contributed by atoms with Crippen LogP contribution >= 0.6 is 23.6 Å². The molecule has 0 bridgehead atoms. The number of rotatable bonds is 0. The van der Waals surface area contributed by atoms with Gasteiger partial charge in [-0.3, -0.25) is 5.10 Å². The number of thiophene rings is 1. The second-order valence-corrected chi connectivity index (χ2v) is 5.89. The van der Waals surface area contributed by atoms with E-state index in [-0.39, 0.29) is 0 Å². The third-order valence-electron chi connectivity index (χ3n) is 3.12. The van der Waals surface area contributed by atoms with E-state index in [0.717, 1.165) is 31.8 Å². The molecule has 4 aromatic heterocycles. The molecular weight excluding hydrogens is 278 g/mol. The second kappa shape index (κ2) is 3.58. The standard InChI is InChI=1S/C12H9N5S2/c1-5-3-6(2)14-11-7(5)8-9(19-11)10-15-12(18)16-17(10)4-13-8/h3-4H,1-2H3,(H,16,18). The first-order valence-electron chi connectivity index (χ1n) is 5.77. The molecule has 94 valence electrons. The molecule has 4 aromatic rings. The molecule has 19 heavy (non-hydrogen) atoms. The maximum absolute atomic E-state index is 5.08. The fourth-order valence-electron chi connectivity index (χ4n) is 2.39. The minimum Gasteiger partial charge on any atom is -0.265 e. The first-order valence-corrected chi connectivity index (χ1v) is 7.00. The highest BCUT2D eigenvalue weighted by Crippen LogP contribution is 2.35. The normalized spacial score (nSPS) is 11.9. The predicted octanol–water partition coefficient (Wildman–Crippen LogP) is 3.17. The molecule has 0 amide bonds. The van der Waals surface area contributed by atoms with Gasteiger partial charge in [0.1, 0.15) is 15.9 Å². The number of nitrogens with one attached hydrogen (secondary N) is 1. The van der Waals surface area contributed by atoms with Gasteiger partial charge in [-0.25, -0.2) is 14.5 Å². The summed E-state index contributed by atoms with van der Waals surface area (Å²) in [6, 6.07) is 2.08. The lowest BCUT2D eigenvalue weighted by atomic mass is 10.1. The number of aryl methyl sites for hydroxylation is 2. The fourth-order valence-corrected chi connectivity index (χ4v) is 3.80. The van der Waals surface area contributed by atoms with Gasteiger partial charge in [-0.2, -0.15) is 4.98 Å². The molecule has 0 aliphatic rings. The van der Waals surface area contributed by atoms with Crippen molar-refractivity contribution in [2.75, 3.05) is 0 Å². The van der Waals surface area contributed by atoms with E-state index >= 15 is 0 Å². The lowest BCUT2D eigenvalue weighted by Crippen LogP contribution is -1.89. The molecule has 0 spiro atoms. The number of hydrogen-bond donors (Lipinski definition) is 1. The average Bonchev–Trinajstić information content (AvgIpc) is 2.87. The molecule has 0 fully saturated rings. The highest BCUT2D eigenvalue weighted by atomic mass is 32.1. The maximum atomic E-state index is 5.08. The molecule has 1 N–H and O–H groups in total. The summed E-state index contributed by atoms with van der Waals surface area (Å²) in [6.07, 6.45) is 1.71. The molecule has 5 nitrogen and oxygen atoms in total. The second-order valence-electron chi connectivity index (χ2n) is 4.51. The largest absolute Gasteiger partial charge is 0.265 e. The number of H-pyrrole nitrogens is 1. The molecule has 0 radical (unpaired) electrons. The number of aromatic nitrogens is 5. The van der Waals surface area contributed by atoms with E-state index in [1.807, 2.05) is 6.92 Å². The molecule has 0 atom stereocenters. The zero-order valence-electron chi connectivity index (χ0n) is 10.3. The zero-order chi connectivity index (χ0) is 13.1. The summed E-state index contributed by atoms with van der Waals surface area (Å²) in [5.74, 6) is 0. The smallest absolute Gasteiger partial charge is 0.214 e. The third kappa shape index (κ3) is 1.45. The monoisotopic (exact) mass is 287 g/mol. The molecule has 0 aromatic carbocycles. The van der Waals surface area contributed by atoms with Gasteiger partial charge in [0.2, 0.25) is 4.77 Å². The van der Waals surface area contributed by atoms with Crippen molar-refractivity contribution in [1.82, 2.24) is 24.6 Å². The van der Waals surface area contributed by atoms with Gasteiger partial charge in [0.15, 0.2) is 5.65 Å². The Kier molecular flexibility index (Phi) is 2.07. The Morgan fingerprint density at radius 1 is 1.32 bits per heavy atom. The minimum atomic E-state index is 0.465. The van der Waals surface area contributed by atoms with Gasteiger partial charge in [0, 0.05) is 11.1 Å². The minimum absolute atomic E-state index is 0.465. The van der Waals surface area contributed by atoms with Crippen LogP contribution in [0.3, 0.4) is 0 Å². The summed E-state index contributed by atoms with van der Waals surface area (Å²) in [5, 5.41) is 4.08. The summed E-state index contributed by atoms with van der Waals surface area (Å²) >= 11 is 6.69. The Morgan fingerprint density at radius 3 is 3.00 bits per heavy atom. The highest BCUT2D eigenvalue weighted by molar-refractivity contribution is 7.71. The van der Waals surface area contributed by atoms with Crippen LogP contribution in [-0.4, -0.2) is 24.6 Å². The molecular formula is C12H9N5S2. The van der Waals surface area contributed by atoms with Crippen molar-refractivity contribution >= 4 is 49.6 Å². The molecule has 0 aliphatic carbocycles. The van der Waals surface area contributed by atoms with Crippen LogP contribution in [0.5, 0.6) is 0 Å². The van der Waals surface area contributed by atoms with Gasteiger partial charge in [0.25, 0.3) is 0 Å². The van der Waals surface area contributed by atoms with Crippen LogP contribution < -0.4 is 0 Å². The van der Waals surface area contributed by atoms with Crippen LogP contribution in [0.4, 0.5) is 0 Å². The molecule has 0 saturated heterocycles. The van der Waals surface area contributed by atoms with E-state index in [0.29, 0.717) is 4.77 Å². The van der Waals surface area contributed by atoms with Crippen LogP contribution in [0, 0.1) is 18.6 Å². The van der Waals surface area contributed by atoms with Crippen molar-refractivity contribution in [3.63, 3.8) is 0 Å². The van der Waals surface area contributed by atoms with Crippen molar-refractivity contribution in [1.29, 1.82) is 0 Å². The molecule has 0 aliphatic heterocycles. The summed E-state index contributed by atoms with van der Waals surface area (Å²) in [7, 11) is 0. The number of pyridine rings is 1. The van der Waals surface area contributed by atoms with Crippen molar-refractivity contribution in [3.8, 4) is 0 Å². The van der Waals surface area contributed by atoms with E-state index in [9.17, 15) is 0 Å². The van der Waals surface area contributed by atoms with E-state index in [2.05, 4.69) is 33.0 Å². The van der Waals surface area contributed by atoms with Gasteiger partial charge in [-0.1, -0.05) is 0 Å². The van der Waals surface area contributed by atoms with E-state index in [1.165, 1.54) is 5.56 Å². The fraction of sp³-hybridized carbons (Fsp3) is 0.167. The summed E-state index contributed by atoms with van der Waals surface area (Å²) in [4.78, 5) is 14.5. The van der Waals surface area contributed by atoms with Gasteiger partial charge in [0.05, 0.1) is 5.52 Å². The van der Waals surface area contributed by atoms with Gasteiger partial charge in [-0.05, 0) is 37.7 Å². The van der Waals surface area contributed by atoms with Crippen LogP contribution in [-0.2, 0) is 0 Å². The summed E-state index contributed by atoms with van der Waals surface area (Å²) in [5.41, 5.74) is 3.98. The van der Waals surface area contributed by atoms with Gasteiger partial charge >= 0.3 is 0 Å². The quantitative estimate of drug-likeness (QED) is 0.505. The van der Waals surface area contributed by atoms with Crippen LogP contribution in [0.15, 0.2) is 12.4 Å². The van der Waals surface area contributed by atoms with Gasteiger partial charge in [-0.15, -0.1) is 11.3 Å². The maximum Gasteiger partial charge on any atom is 0.214 e. The summed E-state index contributed by atoms with van der Waals surface area (Å²) in [6.45, 7) is 4.09. The predicted molar refractivity (Wildman–Crippen MR) is 78.3 cm³/mol. The van der Waals surface area contributed by atoms with E-state index < -0.39 is 0 Å². The third-order valence-corrected chi connectivity index (χ3v) is 4.37. The molecule has 0 saturated carbocycles. The van der Waals surface area contributed by atoms with Crippen LogP contribution in [0.1, 0.15) is 11.3 Å². The Balaban J connectivity index is 2.33. The summed E-state index contributed by atoms with van der Waals surface area (Å²) < 4.78 is 3.24. The van der Waals surface area contributed by atoms with Gasteiger partial charge < -0.3 is 0 Å². The lowest BCUT2D eigenvalue weighted by Gasteiger charge is -1.98. The molecule has 7 heteroatoms. The van der Waals surface area contributed by atoms with E-state index in [1.54, 1.807) is 22.2 Å². The zero-order valence-corrected chi connectivity index (χ0v) is 11.9. The first kappa shape index (κ1) is 11.0. The van der Waals surface area contributed by atoms with Crippen LogP contribution in [0.2, 0.25) is 0 Å². The van der Waals surface area contributed by atoms with Crippen molar-refractivity contribution in [3.05, 3.63) is 28.4 Å². The topological polar surface area (TPSA) is 58.9 Å². The number of nitrogens with zero attached hydrogens (tertiary/aromatic N) is 4. The number of aromatic amines is 1. The number of hydrogen-bond acceptors (Lipinski definition) is 5. The van der Waals surface area contributed by atoms with E-state index in [4.69, 9.17) is 12.2 Å². The Labute approximate surface area is 116 Å². The number of fused-ring (bicyclic) bond motifs is 5. The van der Waals surface area contributed by atoms with Crippen molar-refractivity contribution in [2.45, 2.75) is 13.8 Å². The molecule has 4 rings (SSSR count). The Hall–Kier alpha value is -1.86.